The van der Waals surface area contributed by atoms with Crippen molar-refractivity contribution in [2.45, 2.75) is 6.92 Å². The van der Waals surface area contributed by atoms with Crippen molar-refractivity contribution in [3.05, 3.63) is 29.3 Å². The molecule has 0 aliphatic rings. The third-order valence-electron chi connectivity index (χ3n) is 2.33. The highest BCUT2D eigenvalue weighted by Crippen LogP contribution is 2.19. The van der Waals surface area contributed by atoms with Gasteiger partial charge in [-0.25, -0.2) is 13.1 Å². The van der Waals surface area contributed by atoms with Gasteiger partial charge in [-0.3, -0.25) is 0 Å². The van der Waals surface area contributed by atoms with Crippen molar-refractivity contribution in [2.24, 2.45) is 5.73 Å². The van der Waals surface area contributed by atoms with Gasteiger partial charge in [0.2, 0.25) is 10.0 Å². The minimum Gasteiger partial charge on any atom is -0.389 e. The summed E-state index contributed by atoms with van der Waals surface area (Å²) >= 11 is 4.97. The molecule has 0 amide bonds. The zero-order valence-corrected chi connectivity index (χ0v) is 12.0. The lowest BCUT2D eigenvalue weighted by molar-refractivity contribution is 0.589. The van der Waals surface area contributed by atoms with Gasteiger partial charge in [0.15, 0.2) is 0 Å². The second kappa shape index (κ2) is 6.12. The molecule has 0 saturated heterocycles. The van der Waals surface area contributed by atoms with E-state index >= 15 is 0 Å². The van der Waals surface area contributed by atoms with Gasteiger partial charge in [0.05, 0.1) is 6.26 Å². The topological polar surface area (TPSA) is 84.2 Å². The van der Waals surface area contributed by atoms with Crippen LogP contribution < -0.4 is 15.8 Å². The molecule has 0 fully saturated rings. The highest BCUT2D eigenvalue weighted by Gasteiger charge is 2.07. The summed E-state index contributed by atoms with van der Waals surface area (Å²) in [4.78, 5) is 0.317. The highest BCUT2D eigenvalue weighted by atomic mass is 32.2. The van der Waals surface area contributed by atoms with Crippen molar-refractivity contribution in [1.29, 1.82) is 0 Å². The van der Waals surface area contributed by atoms with E-state index in [1.165, 1.54) is 0 Å². The van der Waals surface area contributed by atoms with Crippen LogP contribution in [-0.2, 0) is 10.0 Å². The van der Waals surface area contributed by atoms with Gasteiger partial charge in [-0.05, 0) is 18.6 Å². The molecular weight excluding hydrogens is 270 g/mol. The Hall–Kier alpha value is -1.18. The summed E-state index contributed by atoms with van der Waals surface area (Å²) in [5.74, 6) is 0. The van der Waals surface area contributed by atoms with E-state index in [1.54, 1.807) is 0 Å². The van der Waals surface area contributed by atoms with Crippen LogP contribution >= 0.6 is 12.2 Å². The predicted octanol–water partition coefficient (Wildman–Crippen LogP) is 0.590. The first-order valence-electron chi connectivity index (χ1n) is 5.39. The van der Waals surface area contributed by atoms with Crippen LogP contribution in [0.3, 0.4) is 0 Å². The lowest BCUT2D eigenvalue weighted by Gasteiger charge is -2.14. The maximum Gasteiger partial charge on any atom is 0.208 e. The molecule has 0 saturated carbocycles. The van der Waals surface area contributed by atoms with E-state index in [0.717, 1.165) is 23.1 Å². The van der Waals surface area contributed by atoms with E-state index in [1.807, 2.05) is 25.1 Å². The molecule has 7 heteroatoms. The van der Waals surface area contributed by atoms with Crippen LogP contribution in [0.1, 0.15) is 11.1 Å². The summed E-state index contributed by atoms with van der Waals surface area (Å²) in [6, 6.07) is 5.65. The molecule has 0 aromatic heterocycles. The van der Waals surface area contributed by atoms with Gasteiger partial charge in [-0.2, -0.15) is 0 Å². The van der Waals surface area contributed by atoms with Crippen LogP contribution in [0.4, 0.5) is 5.69 Å². The molecule has 5 nitrogen and oxygen atoms in total. The quantitative estimate of drug-likeness (QED) is 0.527. The molecule has 0 heterocycles. The van der Waals surface area contributed by atoms with Gasteiger partial charge in [-0.1, -0.05) is 24.4 Å². The second-order valence-corrected chi connectivity index (χ2v) is 6.23. The van der Waals surface area contributed by atoms with Gasteiger partial charge in [0.25, 0.3) is 0 Å². The number of anilines is 1. The Labute approximate surface area is 113 Å². The zero-order chi connectivity index (χ0) is 13.8. The van der Waals surface area contributed by atoms with Crippen LogP contribution in [0.2, 0.25) is 0 Å². The number of para-hydroxylation sites is 1. The van der Waals surface area contributed by atoms with Gasteiger partial charge in [0, 0.05) is 24.3 Å². The number of benzene rings is 1. The van der Waals surface area contributed by atoms with Crippen LogP contribution in [0, 0.1) is 6.92 Å². The van der Waals surface area contributed by atoms with E-state index in [9.17, 15) is 8.42 Å². The minimum absolute atomic E-state index is 0.309. The number of rotatable bonds is 6. The Morgan fingerprint density at radius 1 is 1.39 bits per heavy atom. The fourth-order valence-electron chi connectivity index (χ4n) is 1.53. The molecule has 4 N–H and O–H groups in total. The standard InChI is InChI=1S/C11H17N3O2S2/c1-8-4-3-5-9(11(12)17)10(8)13-6-7-14-18(2,15)16/h3-5,13-14H,6-7H2,1-2H3,(H2,12,17). The molecule has 1 aromatic rings. The first kappa shape index (κ1) is 14.9. The van der Waals surface area contributed by atoms with Gasteiger partial charge in [0.1, 0.15) is 4.99 Å². The van der Waals surface area contributed by atoms with Crippen LogP contribution in [-0.4, -0.2) is 32.8 Å². The molecular formula is C11H17N3O2S2. The Morgan fingerprint density at radius 2 is 2.06 bits per heavy atom. The molecule has 0 bridgehead atoms. The monoisotopic (exact) mass is 287 g/mol. The lowest BCUT2D eigenvalue weighted by Crippen LogP contribution is -2.28. The molecule has 0 spiro atoms. The molecule has 1 rings (SSSR count). The first-order valence-corrected chi connectivity index (χ1v) is 7.69. The molecule has 1 aromatic carbocycles. The number of hydrogen-bond donors (Lipinski definition) is 3. The average Bonchev–Trinajstić information content (AvgIpc) is 2.24. The summed E-state index contributed by atoms with van der Waals surface area (Å²) in [6.07, 6.45) is 1.13. The van der Waals surface area contributed by atoms with Crippen molar-refractivity contribution < 1.29 is 8.42 Å². The number of hydrogen-bond acceptors (Lipinski definition) is 4. The Morgan fingerprint density at radius 3 is 2.61 bits per heavy atom. The number of nitrogens with two attached hydrogens (primary N) is 1. The van der Waals surface area contributed by atoms with Crippen LogP contribution in [0.25, 0.3) is 0 Å². The number of nitrogens with one attached hydrogen (secondary N) is 2. The summed E-state index contributed by atoms with van der Waals surface area (Å²) in [5.41, 5.74) is 8.27. The molecule has 0 unspecified atom stereocenters. The molecule has 18 heavy (non-hydrogen) atoms. The Bertz CT molecular complexity index is 541. The predicted molar refractivity (Wildman–Crippen MR) is 78.4 cm³/mol. The van der Waals surface area contributed by atoms with Crippen molar-refractivity contribution in [2.75, 3.05) is 24.7 Å². The molecule has 0 atom stereocenters. The fourth-order valence-corrected chi connectivity index (χ4v) is 2.17. The second-order valence-electron chi connectivity index (χ2n) is 3.96. The third kappa shape index (κ3) is 4.59. The number of aryl methyl sites for hydroxylation is 1. The highest BCUT2D eigenvalue weighted by molar-refractivity contribution is 7.88. The molecule has 0 aliphatic heterocycles. The SMILES string of the molecule is Cc1cccc(C(N)=S)c1NCCNS(C)(=O)=O. The van der Waals surface area contributed by atoms with Crippen molar-refractivity contribution in [3.8, 4) is 0 Å². The lowest BCUT2D eigenvalue weighted by atomic mass is 10.1. The fraction of sp³-hybridized carbons (Fsp3) is 0.364. The maximum absolute atomic E-state index is 10.9. The Kier molecular flexibility index (Phi) is 5.06. The average molecular weight is 287 g/mol. The number of sulfonamides is 1. The summed E-state index contributed by atoms with van der Waals surface area (Å²) < 4.78 is 24.2. The summed E-state index contributed by atoms with van der Waals surface area (Å²) in [7, 11) is -3.16. The van der Waals surface area contributed by atoms with Gasteiger partial charge in [-0.15, -0.1) is 0 Å². The first-order chi connectivity index (χ1) is 8.31. The minimum atomic E-state index is -3.16. The molecule has 0 radical (unpaired) electrons. The maximum atomic E-state index is 10.9. The summed E-state index contributed by atoms with van der Waals surface area (Å²) in [5, 5.41) is 3.14. The van der Waals surface area contributed by atoms with Crippen molar-refractivity contribution in [1.82, 2.24) is 4.72 Å². The van der Waals surface area contributed by atoms with Crippen molar-refractivity contribution in [3.63, 3.8) is 0 Å². The zero-order valence-electron chi connectivity index (χ0n) is 10.4. The van der Waals surface area contributed by atoms with Gasteiger partial charge >= 0.3 is 0 Å². The van der Waals surface area contributed by atoms with E-state index in [0.29, 0.717) is 18.1 Å². The van der Waals surface area contributed by atoms with E-state index in [4.69, 9.17) is 18.0 Å². The van der Waals surface area contributed by atoms with Gasteiger partial charge < -0.3 is 11.1 Å². The molecule has 0 aliphatic carbocycles. The van der Waals surface area contributed by atoms with E-state index in [-0.39, 0.29) is 0 Å². The summed E-state index contributed by atoms with van der Waals surface area (Å²) in [6.45, 7) is 2.71. The van der Waals surface area contributed by atoms with Crippen LogP contribution in [0.5, 0.6) is 0 Å². The normalized spacial score (nSPS) is 11.2. The van der Waals surface area contributed by atoms with Crippen molar-refractivity contribution >= 4 is 32.9 Å². The smallest absolute Gasteiger partial charge is 0.208 e. The Balaban J connectivity index is 2.70. The van der Waals surface area contributed by atoms with E-state index in [2.05, 4.69) is 10.0 Å². The largest absolute Gasteiger partial charge is 0.389 e. The molecule has 100 valence electrons. The number of thiocarbonyl (C=S) groups is 1. The van der Waals surface area contributed by atoms with Crippen LogP contribution in [0.15, 0.2) is 18.2 Å². The third-order valence-corrected chi connectivity index (χ3v) is 3.28. The van der Waals surface area contributed by atoms with E-state index < -0.39 is 10.0 Å².